The summed E-state index contributed by atoms with van der Waals surface area (Å²) < 4.78 is 26.3. The Labute approximate surface area is 182 Å². The molecule has 32 heavy (non-hydrogen) atoms. The van der Waals surface area contributed by atoms with Crippen LogP contribution in [-0.2, 0) is 19.5 Å². The number of halogens is 2. The first-order valence-electron chi connectivity index (χ1n) is 10.0. The summed E-state index contributed by atoms with van der Waals surface area (Å²) in [6.07, 6.45) is 2.03. The van der Waals surface area contributed by atoms with Gasteiger partial charge in [0.15, 0.2) is 5.75 Å². The van der Waals surface area contributed by atoms with Crippen LogP contribution in [0, 0.1) is 11.6 Å². The summed E-state index contributed by atoms with van der Waals surface area (Å²) >= 11 is 0. The molecule has 5 rings (SSSR count). The predicted octanol–water partition coefficient (Wildman–Crippen LogP) is 4.67. The Hall–Kier alpha value is -4.00. The first-order valence-corrected chi connectivity index (χ1v) is 10.0. The van der Waals surface area contributed by atoms with Crippen LogP contribution in [0.3, 0.4) is 0 Å². The van der Waals surface area contributed by atoms with Crippen molar-refractivity contribution in [1.82, 2.24) is 9.88 Å². The first kappa shape index (κ1) is 19.9. The van der Waals surface area contributed by atoms with Gasteiger partial charge in [-0.2, -0.15) is 0 Å². The molecule has 0 aliphatic carbocycles. The van der Waals surface area contributed by atoms with E-state index in [-0.39, 0.29) is 47.3 Å². The fraction of sp³-hybridized carbons (Fsp3) is 0.120. The lowest BCUT2D eigenvalue weighted by Crippen LogP contribution is -2.23. The molecule has 1 amide bonds. The highest BCUT2D eigenvalue weighted by Crippen LogP contribution is 2.43. The summed E-state index contributed by atoms with van der Waals surface area (Å²) in [7, 11) is 0. The number of fused-ring (bicyclic) bond motifs is 2. The third kappa shape index (κ3) is 3.41. The van der Waals surface area contributed by atoms with Gasteiger partial charge < -0.3 is 15.1 Å². The predicted molar refractivity (Wildman–Crippen MR) is 114 cm³/mol. The highest BCUT2D eigenvalue weighted by molar-refractivity contribution is 6.08. The van der Waals surface area contributed by atoms with E-state index in [9.17, 15) is 23.8 Å². The van der Waals surface area contributed by atoms with E-state index in [1.54, 1.807) is 36.5 Å². The van der Waals surface area contributed by atoms with Crippen molar-refractivity contribution in [2.45, 2.75) is 19.5 Å². The largest absolute Gasteiger partial charge is 0.507 e. The van der Waals surface area contributed by atoms with Crippen molar-refractivity contribution in [3.05, 3.63) is 100 Å². The summed E-state index contributed by atoms with van der Waals surface area (Å²) in [5, 5.41) is 22.1. The molecule has 0 saturated heterocycles. The number of benzene rings is 3. The number of carbonyl (C=O) groups is 1. The average molecular weight is 432 g/mol. The third-order valence-corrected chi connectivity index (χ3v) is 5.71. The minimum atomic E-state index is -0.420. The summed E-state index contributed by atoms with van der Waals surface area (Å²) in [5.41, 5.74) is 2.89. The second kappa shape index (κ2) is 7.60. The molecule has 0 bridgehead atoms. The van der Waals surface area contributed by atoms with Crippen LogP contribution in [0.5, 0.6) is 11.5 Å². The molecule has 0 fully saturated rings. The number of pyridine rings is 1. The molecule has 4 aromatic rings. The molecule has 1 aromatic heterocycles. The molecule has 160 valence electrons. The molecule has 0 saturated carbocycles. The maximum absolute atomic E-state index is 13.2. The molecule has 0 atom stereocenters. The van der Waals surface area contributed by atoms with Crippen molar-refractivity contribution in [2.24, 2.45) is 0 Å². The van der Waals surface area contributed by atoms with Crippen molar-refractivity contribution < 1.29 is 23.8 Å². The maximum Gasteiger partial charge on any atom is 0.258 e. The van der Waals surface area contributed by atoms with Gasteiger partial charge in [0.2, 0.25) is 0 Å². The molecule has 2 heterocycles. The Morgan fingerprint density at radius 2 is 1.50 bits per heavy atom. The molecule has 1 aliphatic rings. The van der Waals surface area contributed by atoms with Crippen LogP contribution in [0.4, 0.5) is 8.78 Å². The number of phenols is 2. The minimum absolute atomic E-state index is 0.0379. The van der Waals surface area contributed by atoms with Crippen LogP contribution in [0.2, 0.25) is 0 Å². The van der Waals surface area contributed by atoms with Crippen molar-refractivity contribution in [1.29, 1.82) is 0 Å². The SMILES string of the molecule is O=C1c2c(c(O)c3cc(Cc4ccc(F)cc4)cnc3c2O)CN1Cc1ccc(F)cc1. The molecule has 2 N–H and O–H groups in total. The minimum Gasteiger partial charge on any atom is -0.507 e. The van der Waals surface area contributed by atoms with E-state index in [0.29, 0.717) is 17.4 Å². The van der Waals surface area contributed by atoms with Crippen LogP contribution in [0.15, 0.2) is 60.8 Å². The zero-order valence-corrected chi connectivity index (χ0v) is 16.8. The Morgan fingerprint density at radius 1 is 0.875 bits per heavy atom. The number of nitrogens with zero attached hydrogens (tertiary/aromatic N) is 2. The van der Waals surface area contributed by atoms with Crippen LogP contribution >= 0.6 is 0 Å². The Bertz CT molecular complexity index is 1350. The average Bonchev–Trinajstić information content (AvgIpc) is 3.11. The molecule has 0 unspecified atom stereocenters. The first-order chi connectivity index (χ1) is 15.4. The Morgan fingerprint density at radius 3 is 2.16 bits per heavy atom. The monoisotopic (exact) mass is 432 g/mol. The summed E-state index contributed by atoms with van der Waals surface area (Å²) in [6, 6.07) is 13.6. The van der Waals surface area contributed by atoms with Crippen molar-refractivity contribution in [3.63, 3.8) is 0 Å². The zero-order valence-electron chi connectivity index (χ0n) is 16.8. The number of hydrogen-bond donors (Lipinski definition) is 2. The van der Waals surface area contributed by atoms with Gasteiger partial charge in [-0.1, -0.05) is 24.3 Å². The summed E-state index contributed by atoms with van der Waals surface area (Å²) in [4.78, 5) is 18.7. The molecule has 0 radical (unpaired) electrons. The van der Waals surface area contributed by atoms with Gasteiger partial charge in [-0.25, -0.2) is 8.78 Å². The van der Waals surface area contributed by atoms with Gasteiger partial charge >= 0.3 is 0 Å². The lowest BCUT2D eigenvalue weighted by Gasteiger charge is -2.15. The summed E-state index contributed by atoms with van der Waals surface area (Å²) in [6.45, 7) is 0.329. The van der Waals surface area contributed by atoms with Gasteiger partial charge in [0.1, 0.15) is 22.9 Å². The lowest BCUT2D eigenvalue weighted by atomic mass is 9.99. The van der Waals surface area contributed by atoms with Gasteiger partial charge in [-0.3, -0.25) is 9.78 Å². The second-order valence-electron chi connectivity index (χ2n) is 7.88. The quantitative estimate of drug-likeness (QED) is 0.460. The molecule has 7 heteroatoms. The number of carbonyl (C=O) groups excluding carboxylic acids is 1. The highest BCUT2D eigenvalue weighted by atomic mass is 19.1. The highest BCUT2D eigenvalue weighted by Gasteiger charge is 2.35. The fourth-order valence-corrected chi connectivity index (χ4v) is 4.10. The van der Waals surface area contributed by atoms with Crippen molar-refractivity contribution in [3.8, 4) is 11.5 Å². The van der Waals surface area contributed by atoms with Gasteiger partial charge in [0.05, 0.1) is 12.1 Å². The second-order valence-corrected chi connectivity index (χ2v) is 7.88. The van der Waals surface area contributed by atoms with Gasteiger partial charge in [0, 0.05) is 23.7 Å². The van der Waals surface area contributed by atoms with E-state index in [2.05, 4.69) is 4.98 Å². The molecular formula is C25H18F2N2O3. The smallest absolute Gasteiger partial charge is 0.258 e. The lowest BCUT2D eigenvalue weighted by molar-refractivity contribution is 0.0764. The molecular weight excluding hydrogens is 414 g/mol. The van der Waals surface area contributed by atoms with E-state index in [1.165, 1.54) is 29.2 Å². The standard InChI is InChI=1S/C25H18F2N2O3/c26-17-5-1-14(2-6-17)9-16-10-19-22(28-11-16)24(31)21-20(23(19)30)13-29(25(21)32)12-15-3-7-18(27)8-4-15/h1-8,10-11,30-31H,9,12-13H2. The summed E-state index contributed by atoms with van der Waals surface area (Å²) in [5.74, 6) is -1.48. The Kier molecular flexibility index (Phi) is 4.74. The number of aromatic nitrogens is 1. The number of rotatable bonds is 4. The third-order valence-electron chi connectivity index (χ3n) is 5.71. The number of hydrogen-bond acceptors (Lipinski definition) is 4. The van der Waals surface area contributed by atoms with E-state index < -0.39 is 5.91 Å². The van der Waals surface area contributed by atoms with Crippen molar-refractivity contribution in [2.75, 3.05) is 0 Å². The van der Waals surface area contributed by atoms with Gasteiger partial charge in [0.25, 0.3) is 5.91 Å². The Balaban J connectivity index is 1.50. The van der Waals surface area contributed by atoms with Crippen LogP contribution in [-0.4, -0.2) is 26.0 Å². The topological polar surface area (TPSA) is 73.7 Å². The van der Waals surface area contributed by atoms with E-state index in [4.69, 9.17) is 0 Å². The molecule has 1 aliphatic heterocycles. The van der Waals surface area contributed by atoms with Crippen LogP contribution in [0.25, 0.3) is 10.9 Å². The van der Waals surface area contributed by atoms with E-state index >= 15 is 0 Å². The molecule has 3 aromatic carbocycles. The molecule has 5 nitrogen and oxygen atoms in total. The van der Waals surface area contributed by atoms with Gasteiger partial charge in [-0.05, 0) is 53.4 Å². The van der Waals surface area contributed by atoms with E-state index in [1.807, 2.05) is 0 Å². The van der Waals surface area contributed by atoms with E-state index in [0.717, 1.165) is 16.7 Å². The number of aromatic hydroxyl groups is 2. The van der Waals surface area contributed by atoms with Crippen molar-refractivity contribution >= 4 is 16.8 Å². The fourth-order valence-electron chi connectivity index (χ4n) is 4.10. The number of amides is 1. The van der Waals surface area contributed by atoms with Crippen LogP contribution < -0.4 is 0 Å². The maximum atomic E-state index is 13.2. The molecule has 0 spiro atoms. The normalized spacial score (nSPS) is 13.1. The number of phenolic OH excluding ortho intramolecular Hbond substituents is 2. The van der Waals surface area contributed by atoms with Crippen LogP contribution in [0.1, 0.15) is 32.6 Å². The van der Waals surface area contributed by atoms with Gasteiger partial charge in [-0.15, -0.1) is 0 Å². The zero-order chi connectivity index (χ0) is 22.4.